The molecule has 0 spiro atoms. The van der Waals surface area contributed by atoms with Gasteiger partial charge in [0.05, 0.1) is 5.69 Å². The van der Waals surface area contributed by atoms with Gasteiger partial charge in [-0.05, 0) is 16.7 Å². The lowest BCUT2D eigenvalue weighted by atomic mass is 9.76. The average molecular weight is 481 g/mol. The summed E-state index contributed by atoms with van der Waals surface area (Å²) >= 11 is 0. The highest BCUT2D eigenvalue weighted by molar-refractivity contribution is 5.91. The highest BCUT2D eigenvalue weighted by atomic mass is 19.1. The molecule has 6 nitrogen and oxygen atoms in total. The Bertz CT molecular complexity index is 1350. The van der Waals surface area contributed by atoms with Crippen LogP contribution in [0.4, 0.5) is 4.39 Å². The number of carbonyl (C=O) groups is 1. The molecule has 0 bridgehead atoms. The fourth-order valence-corrected chi connectivity index (χ4v) is 4.58. The summed E-state index contributed by atoms with van der Waals surface area (Å²) in [7, 11) is 0. The van der Waals surface area contributed by atoms with Gasteiger partial charge in [0, 0.05) is 26.1 Å². The maximum Gasteiger partial charge on any atom is 0.290 e. The molecule has 3 aromatic carbocycles. The van der Waals surface area contributed by atoms with Crippen LogP contribution in [0, 0.1) is 13.0 Å². The molecule has 1 N–H and O–H groups in total. The van der Waals surface area contributed by atoms with Crippen molar-refractivity contribution in [2.75, 3.05) is 6.54 Å². The summed E-state index contributed by atoms with van der Waals surface area (Å²) in [6.07, 6.45) is 2.78. The number of imidazole rings is 1. The molecule has 2 aromatic heterocycles. The van der Waals surface area contributed by atoms with Gasteiger partial charge in [0.2, 0.25) is 0 Å². The van der Waals surface area contributed by atoms with Crippen LogP contribution in [0.1, 0.15) is 38.8 Å². The molecule has 7 heteroatoms. The number of amides is 1. The third-order valence-electron chi connectivity index (χ3n) is 6.17. The summed E-state index contributed by atoms with van der Waals surface area (Å²) < 4.78 is 22.4. The van der Waals surface area contributed by atoms with Crippen LogP contribution in [0.2, 0.25) is 0 Å². The fourth-order valence-electron chi connectivity index (χ4n) is 4.58. The lowest BCUT2D eigenvalue weighted by molar-refractivity contribution is 0.0949. The van der Waals surface area contributed by atoms with Crippen molar-refractivity contribution in [2.24, 2.45) is 0 Å². The van der Waals surface area contributed by atoms with Crippen LogP contribution in [0.15, 0.2) is 108 Å². The maximum atomic E-state index is 15.8. The molecule has 36 heavy (non-hydrogen) atoms. The van der Waals surface area contributed by atoms with Crippen molar-refractivity contribution in [2.45, 2.75) is 18.9 Å². The van der Waals surface area contributed by atoms with Gasteiger partial charge in [-0.2, -0.15) is 4.39 Å². The first-order chi connectivity index (χ1) is 17.6. The van der Waals surface area contributed by atoms with Crippen molar-refractivity contribution >= 4 is 5.91 Å². The largest absolute Gasteiger partial charge is 0.448 e. The van der Waals surface area contributed by atoms with Crippen LogP contribution >= 0.6 is 0 Å². The van der Waals surface area contributed by atoms with Gasteiger partial charge in [-0.3, -0.25) is 9.36 Å². The second-order valence-electron chi connectivity index (χ2n) is 8.44. The average Bonchev–Trinajstić information content (AvgIpc) is 3.52. The zero-order valence-electron chi connectivity index (χ0n) is 19.8. The van der Waals surface area contributed by atoms with Gasteiger partial charge in [0.15, 0.2) is 11.6 Å². The lowest BCUT2D eigenvalue weighted by Gasteiger charge is -2.37. The second-order valence-corrected chi connectivity index (χ2v) is 8.44. The van der Waals surface area contributed by atoms with Crippen LogP contribution < -0.4 is 5.32 Å². The topological polar surface area (TPSA) is 73.0 Å². The molecule has 0 saturated heterocycles. The molecule has 0 aliphatic rings. The maximum absolute atomic E-state index is 15.8. The lowest BCUT2D eigenvalue weighted by Crippen LogP contribution is -2.38. The van der Waals surface area contributed by atoms with Gasteiger partial charge in [-0.15, -0.1) is 0 Å². The van der Waals surface area contributed by atoms with Crippen molar-refractivity contribution in [3.05, 3.63) is 144 Å². The number of carbonyl (C=O) groups excluding carboxylic acids is 1. The summed E-state index contributed by atoms with van der Waals surface area (Å²) in [4.78, 5) is 20.6. The number of nitrogens with one attached hydrogen (secondary N) is 1. The number of aryl methyl sites for hydroxylation is 1. The number of nitrogens with zero attached hydrogens (tertiary/aromatic N) is 3. The summed E-state index contributed by atoms with van der Waals surface area (Å²) in [6.45, 7) is 1.95. The monoisotopic (exact) mass is 480 g/mol. The molecule has 180 valence electrons. The third kappa shape index (κ3) is 4.31. The van der Waals surface area contributed by atoms with Crippen molar-refractivity contribution in [3.8, 4) is 0 Å². The summed E-state index contributed by atoms with van der Waals surface area (Å²) in [5.41, 5.74) is 2.46. The Morgan fingerprint density at radius 3 is 1.89 bits per heavy atom. The highest BCUT2D eigenvalue weighted by Crippen LogP contribution is 2.41. The molecule has 2 heterocycles. The first-order valence-electron chi connectivity index (χ1n) is 11.7. The Hall–Kier alpha value is -4.52. The van der Waals surface area contributed by atoms with E-state index in [1.165, 1.54) is 6.26 Å². The van der Waals surface area contributed by atoms with Gasteiger partial charge in [-0.1, -0.05) is 91.0 Å². The number of benzene rings is 3. The number of hydrogen-bond donors (Lipinski definition) is 1. The highest BCUT2D eigenvalue weighted by Gasteiger charge is 2.40. The van der Waals surface area contributed by atoms with Gasteiger partial charge in [0.1, 0.15) is 11.8 Å². The fraction of sp³-hybridized carbons (Fsp3) is 0.138. The number of oxazole rings is 1. The molecule has 0 radical (unpaired) electrons. The Labute approximate surface area is 208 Å². The second kappa shape index (κ2) is 10.00. The normalized spacial score (nSPS) is 11.4. The van der Waals surface area contributed by atoms with E-state index in [1.807, 2.05) is 91.0 Å². The van der Waals surface area contributed by atoms with E-state index in [-0.39, 0.29) is 18.1 Å². The number of aromatic nitrogens is 3. The van der Waals surface area contributed by atoms with E-state index in [0.29, 0.717) is 18.0 Å². The van der Waals surface area contributed by atoms with Crippen LogP contribution in [-0.4, -0.2) is 27.0 Å². The molecule has 0 unspecified atom stereocenters. The van der Waals surface area contributed by atoms with Crippen molar-refractivity contribution in [1.82, 2.24) is 19.9 Å². The van der Waals surface area contributed by atoms with E-state index in [1.54, 1.807) is 17.7 Å². The van der Waals surface area contributed by atoms with Crippen LogP contribution in [-0.2, 0) is 12.0 Å². The van der Waals surface area contributed by atoms with E-state index in [0.717, 1.165) is 16.7 Å². The van der Waals surface area contributed by atoms with E-state index in [9.17, 15) is 4.79 Å². The summed E-state index contributed by atoms with van der Waals surface area (Å²) in [5, 5.41) is 2.79. The van der Waals surface area contributed by atoms with Gasteiger partial charge < -0.3 is 9.73 Å². The molecule has 0 atom stereocenters. The van der Waals surface area contributed by atoms with E-state index < -0.39 is 11.6 Å². The minimum atomic E-state index is -0.986. The minimum Gasteiger partial charge on any atom is -0.448 e. The quantitative estimate of drug-likeness (QED) is 0.313. The van der Waals surface area contributed by atoms with Gasteiger partial charge in [-0.25, -0.2) is 9.97 Å². The summed E-state index contributed by atoms with van der Waals surface area (Å²) in [6, 6.07) is 29.5. The van der Waals surface area contributed by atoms with Crippen LogP contribution in [0.25, 0.3) is 0 Å². The molecule has 0 aliphatic carbocycles. The Morgan fingerprint density at radius 2 is 1.42 bits per heavy atom. The van der Waals surface area contributed by atoms with Crippen molar-refractivity contribution in [3.63, 3.8) is 0 Å². The van der Waals surface area contributed by atoms with Crippen LogP contribution in [0.3, 0.4) is 0 Å². The third-order valence-corrected chi connectivity index (χ3v) is 6.17. The Kier molecular flexibility index (Phi) is 6.45. The van der Waals surface area contributed by atoms with E-state index >= 15 is 4.39 Å². The summed E-state index contributed by atoms with van der Waals surface area (Å²) in [5.74, 6) is 0.0685. The van der Waals surface area contributed by atoms with E-state index in [2.05, 4.69) is 15.3 Å². The molecule has 0 saturated carbocycles. The number of rotatable bonds is 8. The smallest absolute Gasteiger partial charge is 0.290 e. The zero-order valence-corrected chi connectivity index (χ0v) is 19.8. The molecule has 5 aromatic rings. The predicted molar refractivity (Wildman–Crippen MR) is 134 cm³/mol. The first kappa shape index (κ1) is 23.2. The van der Waals surface area contributed by atoms with Crippen molar-refractivity contribution in [1.29, 1.82) is 0 Å². The van der Waals surface area contributed by atoms with Crippen LogP contribution in [0.5, 0.6) is 0 Å². The minimum absolute atomic E-state index is 0.209. The Morgan fingerprint density at radius 1 is 0.889 bits per heavy atom. The molecule has 0 fully saturated rings. The molecular weight excluding hydrogens is 455 g/mol. The Balaban J connectivity index is 1.55. The van der Waals surface area contributed by atoms with E-state index in [4.69, 9.17) is 4.42 Å². The molecule has 5 rings (SSSR count). The van der Waals surface area contributed by atoms with Gasteiger partial charge >= 0.3 is 0 Å². The first-order valence-corrected chi connectivity index (χ1v) is 11.7. The zero-order chi connectivity index (χ0) is 25.0. The molecule has 1 amide bonds. The SMILES string of the molecule is Cc1nc(C(=O)NCCc2cn(C(c3ccccc3)(c3ccccc3)c3ccccc3)c(F)n2)co1. The number of halogens is 1. The standard InChI is InChI=1S/C29H25FN4O2/c1-21-32-26(20-36-21)27(35)31-18-17-25-19-34(28(30)33-25)29(22-11-5-2-6-12-22,23-13-7-3-8-14-23)24-15-9-4-10-16-24/h2-16,19-20H,17-18H2,1H3,(H,31,35). The molecule has 0 aliphatic heterocycles. The van der Waals surface area contributed by atoms with Gasteiger partial charge in [0.25, 0.3) is 12.0 Å². The number of hydrogen-bond acceptors (Lipinski definition) is 4. The molecular formula is C29H25FN4O2. The predicted octanol–water partition coefficient (Wildman–Crippen LogP) is 5.13. The van der Waals surface area contributed by atoms with Crippen molar-refractivity contribution < 1.29 is 13.6 Å².